The lowest BCUT2D eigenvalue weighted by Crippen LogP contribution is -2.16. The van der Waals surface area contributed by atoms with Crippen LogP contribution in [0.15, 0.2) is 265 Å². The molecule has 2 nitrogen and oxygen atoms in total. The first kappa shape index (κ1) is 50.5. The summed E-state index contributed by atoms with van der Waals surface area (Å²) in [5, 5.41) is 4.93. The molecule has 0 unspecified atom stereocenters. The van der Waals surface area contributed by atoms with Crippen LogP contribution in [0.1, 0.15) is 72.2 Å². The van der Waals surface area contributed by atoms with Gasteiger partial charge in [0.25, 0.3) is 0 Å². The van der Waals surface area contributed by atoms with Crippen molar-refractivity contribution in [3.8, 4) is 33.4 Å². The maximum atomic E-state index is 2.45. The second-order valence-corrected chi connectivity index (χ2v) is 27.7. The molecule has 0 saturated carbocycles. The molecule has 12 aromatic carbocycles. The number of para-hydroxylation sites is 2. The zero-order valence-corrected chi connectivity index (χ0v) is 48.7. The minimum atomic E-state index is -1.18. The van der Waals surface area contributed by atoms with Gasteiger partial charge in [-0.05, 0) is 186 Å². The van der Waals surface area contributed by atoms with Crippen LogP contribution in [0.3, 0.4) is 0 Å². The third-order valence-electron chi connectivity index (χ3n) is 18.3. The normalized spacial score (nSPS) is 15.0. The van der Waals surface area contributed by atoms with Crippen LogP contribution in [0.5, 0.6) is 0 Å². The maximum absolute atomic E-state index is 2.45. The molecule has 0 spiro atoms. The standard InChI is InChI=1S/C80H64N2S/c1-79(2)71-49-55(35-41-65(71)67-43-39-61(51-73(67)79)81(59-23-9-7-10-24-59)75-29-17-21-57-19-13-15-27-63(57)75)33-31-53-37-45-77-69(47-53)70-48-54(38-46-78(70)83(77,5)6)32-34-56-36-42-66-68-44-40-62(52-74(68)80(3,4)72(66)50-56)82(60-25-11-8-12-26-60)76-30-18-22-58-20-14-16-28-64(58)76/h7-52H,1-6H3/b33-31+,34-32+. The van der Waals surface area contributed by atoms with Crippen molar-refractivity contribution in [2.24, 2.45) is 0 Å². The van der Waals surface area contributed by atoms with Gasteiger partial charge in [-0.15, -0.1) is 0 Å². The number of nitrogens with zero attached hydrogens (tertiary/aromatic N) is 2. The van der Waals surface area contributed by atoms with Crippen LogP contribution in [-0.2, 0) is 10.8 Å². The molecule has 400 valence electrons. The fourth-order valence-electron chi connectivity index (χ4n) is 13.9. The summed E-state index contributed by atoms with van der Waals surface area (Å²) in [4.78, 5) is 7.76. The van der Waals surface area contributed by atoms with Gasteiger partial charge in [0.2, 0.25) is 0 Å². The Morgan fingerprint density at radius 2 is 0.627 bits per heavy atom. The van der Waals surface area contributed by atoms with Gasteiger partial charge in [-0.3, -0.25) is 0 Å². The van der Waals surface area contributed by atoms with Crippen molar-refractivity contribution in [1.82, 2.24) is 0 Å². The van der Waals surface area contributed by atoms with Crippen molar-refractivity contribution in [3.05, 3.63) is 299 Å². The van der Waals surface area contributed by atoms with Crippen molar-refractivity contribution in [1.29, 1.82) is 0 Å². The van der Waals surface area contributed by atoms with Gasteiger partial charge in [-0.25, -0.2) is 0 Å². The van der Waals surface area contributed by atoms with Gasteiger partial charge < -0.3 is 9.80 Å². The molecule has 0 radical (unpaired) electrons. The quantitative estimate of drug-likeness (QED) is 0.126. The van der Waals surface area contributed by atoms with E-state index < -0.39 is 10.0 Å². The second-order valence-electron chi connectivity index (χ2n) is 24.2. The average molecular weight is 1090 g/mol. The maximum Gasteiger partial charge on any atom is 0.0540 e. The summed E-state index contributed by atoms with van der Waals surface area (Å²) in [6, 6.07) is 94.7. The SMILES string of the molecule is CC1(C)c2cc(/C=C/c3ccc4c(c3)-c3cc(/C=C/c5ccc6c(c5)C(C)(C)c5cc(N(c7ccccc7)c7cccc8ccccc78)ccc5-6)ccc3S4(C)C)ccc2-c2ccc(N(c3ccccc3)c3cccc4ccccc34)cc21. The molecule has 1 heterocycles. The van der Waals surface area contributed by atoms with Crippen molar-refractivity contribution in [3.63, 3.8) is 0 Å². The van der Waals surface area contributed by atoms with Gasteiger partial charge >= 0.3 is 0 Å². The molecule has 0 saturated heterocycles. The lowest BCUT2D eigenvalue weighted by molar-refractivity contribution is 0.660. The van der Waals surface area contributed by atoms with E-state index in [1.54, 1.807) is 0 Å². The number of benzene rings is 12. The highest BCUT2D eigenvalue weighted by Gasteiger charge is 2.38. The lowest BCUT2D eigenvalue weighted by Gasteiger charge is -2.29. The highest BCUT2D eigenvalue weighted by atomic mass is 32.3. The molecule has 15 rings (SSSR count). The summed E-state index contributed by atoms with van der Waals surface area (Å²) in [5.74, 6) is 0. The number of hydrogen-bond donors (Lipinski definition) is 0. The number of hydrogen-bond acceptors (Lipinski definition) is 2. The highest BCUT2D eigenvalue weighted by Crippen LogP contribution is 2.67. The van der Waals surface area contributed by atoms with Gasteiger partial charge in [-0.2, -0.15) is 10.0 Å². The van der Waals surface area contributed by atoms with E-state index in [1.807, 2.05) is 0 Å². The molecule has 0 N–H and O–H groups in total. The number of anilines is 6. The summed E-state index contributed by atoms with van der Waals surface area (Å²) < 4.78 is 0. The topological polar surface area (TPSA) is 6.48 Å². The van der Waals surface area contributed by atoms with Crippen LogP contribution < -0.4 is 9.80 Å². The van der Waals surface area contributed by atoms with E-state index in [-0.39, 0.29) is 10.8 Å². The molecule has 2 aliphatic carbocycles. The molecule has 3 heteroatoms. The predicted octanol–water partition coefficient (Wildman–Crippen LogP) is 22.3. The van der Waals surface area contributed by atoms with E-state index in [9.17, 15) is 0 Å². The van der Waals surface area contributed by atoms with E-state index in [4.69, 9.17) is 0 Å². The molecule has 0 fully saturated rings. The molecule has 0 bridgehead atoms. The minimum absolute atomic E-state index is 0.192. The Kier molecular flexibility index (Phi) is 11.8. The molecule has 0 amide bonds. The van der Waals surface area contributed by atoms with E-state index in [2.05, 4.69) is 329 Å². The van der Waals surface area contributed by atoms with E-state index in [0.717, 1.165) is 22.7 Å². The summed E-state index contributed by atoms with van der Waals surface area (Å²) in [7, 11) is -1.18. The Morgan fingerprint density at radius 1 is 0.289 bits per heavy atom. The molecule has 1 aliphatic heterocycles. The third kappa shape index (κ3) is 8.31. The van der Waals surface area contributed by atoms with Crippen molar-refractivity contribution < 1.29 is 0 Å². The molecule has 0 atom stereocenters. The van der Waals surface area contributed by atoms with Gasteiger partial charge in [0.15, 0.2) is 0 Å². The third-order valence-corrected chi connectivity index (χ3v) is 21.2. The van der Waals surface area contributed by atoms with Gasteiger partial charge in [-0.1, -0.05) is 222 Å². The summed E-state index contributed by atoms with van der Waals surface area (Å²) in [6.07, 6.45) is 14.1. The summed E-state index contributed by atoms with van der Waals surface area (Å²) >= 11 is 0. The largest absolute Gasteiger partial charge is 0.310 e. The second kappa shape index (κ2) is 19.4. The van der Waals surface area contributed by atoms with E-state index >= 15 is 0 Å². The predicted molar refractivity (Wildman–Crippen MR) is 358 cm³/mol. The smallest absolute Gasteiger partial charge is 0.0540 e. The number of fused-ring (bicyclic) bond motifs is 11. The van der Waals surface area contributed by atoms with Crippen molar-refractivity contribution in [2.45, 2.75) is 48.3 Å². The first-order chi connectivity index (χ1) is 40.4. The fourth-order valence-corrected chi connectivity index (χ4v) is 16.4. The molecule has 0 aromatic heterocycles. The van der Waals surface area contributed by atoms with Gasteiger partial charge in [0.05, 0.1) is 11.4 Å². The van der Waals surface area contributed by atoms with E-state index in [1.165, 1.54) is 121 Å². The highest BCUT2D eigenvalue weighted by molar-refractivity contribution is 8.33. The summed E-state index contributed by atoms with van der Waals surface area (Å²) in [6.45, 7) is 9.55. The van der Waals surface area contributed by atoms with Crippen LogP contribution in [0.4, 0.5) is 34.1 Å². The Hall–Kier alpha value is -9.41. The van der Waals surface area contributed by atoms with E-state index in [0.29, 0.717) is 0 Å². The van der Waals surface area contributed by atoms with Crippen LogP contribution in [-0.4, -0.2) is 12.5 Å². The van der Waals surface area contributed by atoms with Crippen LogP contribution in [0.25, 0.3) is 79.2 Å². The van der Waals surface area contributed by atoms with Crippen molar-refractivity contribution in [2.75, 3.05) is 22.3 Å². The molecular weight excluding hydrogens is 1020 g/mol. The molecule has 83 heavy (non-hydrogen) atoms. The Bertz CT molecular complexity index is 4350. The molecule has 3 aliphatic rings. The minimum Gasteiger partial charge on any atom is -0.310 e. The van der Waals surface area contributed by atoms with Crippen LogP contribution in [0, 0.1) is 0 Å². The van der Waals surface area contributed by atoms with Crippen LogP contribution in [0.2, 0.25) is 0 Å². The van der Waals surface area contributed by atoms with Gasteiger partial charge in [0, 0.05) is 54.1 Å². The Labute approximate surface area is 490 Å². The zero-order chi connectivity index (χ0) is 56.2. The summed E-state index contributed by atoms with van der Waals surface area (Å²) in [5.41, 5.74) is 24.8. The Balaban J connectivity index is 0.694. The monoisotopic (exact) mass is 1080 g/mol. The average Bonchev–Trinajstić information content (AvgIpc) is 2.52. The van der Waals surface area contributed by atoms with Crippen LogP contribution >= 0.6 is 10.0 Å². The molecular formula is C80H64N2S. The van der Waals surface area contributed by atoms with Crippen molar-refractivity contribution >= 4 is 90.0 Å². The molecule has 12 aromatic rings. The first-order valence-corrected chi connectivity index (χ1v) is 31.5. The number of rotatable bonds is 10. The first-order valence-electron chi connectivity index (χ1n) is 29.0. The fraction of sp³-hybridized carbons (Fsp3) is 0.100. The van der Waals surface area contributed by atoms with Gasteiger partial charge in [0.1, 0.15) is 0 Å². The lowest BCUT2D eigenvalue weighted by atomic mass is 9.81. The Morgan fingerprint density at radius 3 is 1.05 bits per heavy atom. The zero-order valence-electron chi connectivity index (χ0n) is 47.9.